The molecule has 0 aliphatic carbocycles. The molecule has 10 heavy (non-hydrogen) atoms. The summed E-state index contributed by atoms with van der Waals surface area (Å²) in [5.41, 5.74) is 0.655. The molecule has 0 bridgehead atoms. The molecule has 0 unspecified atom stereocenters. The molecule has 2 nitrogen and oxygen atoms in total. The summed E-state index contributed by atoms with van der Waals surface area (Å²) >= 11 is 0. The number of allylic oxidation sites excluding steroid dienone is 1. The van der Waals surface area contributed by atoms with Crippen molar-refractivity contribution in [2.45, 2.75) is 6.92 Å². The fourth-order valence-corrected chi connectivity index (χ4v) is 0.622. The molecule has 0 spiro atoms. The zero-order valence-electron chi connectivity index (χ0n) is 5.70. The van der Waals surface area contributed by atoms with Crippen LogP contribution in [0.25, 0.3) is 0 Å². The first-order valence-corrected chi connectivity index (χ1v) is 2.99. The van der Waals surface area contributed by atoms with Crippen molar-refractivity contribution in [3.63, 3.8) is 0 Å². The SMILES string of the molecule is CC(O)=[C+]c1ccccn1. The molecule has 50 valence electrons. The van der Waals surface area contributed by atoms with Crippen molar-refractivity contribution in [2.24, 2.45) is 0 Å². The molecule has 0 amide bonds. The summed E-state index contributed by atoms with van der Waals surface area (Å²) in [5, 5.41) is 8.77. The van der Waals surface area contributed by atoms with Crippen LogP contribution in [0.3, 0.4) is 0 Å². The summed E-state index contributed by atoms with van der Waals surface area (Å²) in [4.78, 5) is 3.93. The van der Waals surface area contributed by atoms with Crippen LogP contribution in [-0.4, -0.2) is 10.1 Å². The van der Waals surface area contributed by atoms with Gasteiger partial charge in [-0.1, -0.05) is 0 Å². The van der Waals surface area contributed by atoms with E-state index in [2.05, 4.69) is 11.1 Å². The second kappa shape index (κ2) is 2.95. The minimum atomic E-state index is 0.152. The van der Waals surface area contributed by atoms with Crippen LogP contribution in [0.4, 0.5) is 0 Å². The van der Waals surface area contributed by atoms with Gasteiger partial charge in [-0.05, 0) is 6.07 Å². The smallest absolute Gasteiger partial charge is 0.290 e. The highest BCUT2D eigenvalue weighted by Gasteiger charge is 1.99. The summed E-state index contributed by atoms with van der Waals surface area (Å²) < 4.78 is 0. The maximum atomic E-state index is 8.77. The standard InChI is InChI=1S/C8H7NO/c1-7(10)6-8-4-2-3-5-9-8/h2-5H,1H3/p+1. The van der Waals surface area contributed by atoms with E-state index in [9.17, 15) is 0 Å². The number of nitrogens with zero attached hydrogens (tertiary/aromatic N) is 1. The quantitative estimate of drug-likeness (QED) is 0.468. The number of hydrogen-bond donors (Lipinski definition) is 1. The third-order valence-corrected chi connectivity index (χ3v) is 0.974. The van der Waals surface area contributed by atoms with Crippen LogP contribution in [0.15, 0.2) is 30.2 Å². The lowest BCUT2D eigenvalue weighted by atomic mass is 10.3. The van der Waals surface area contributed by atoms with Crippen LogP contribution in [0.1, 0.15) is 12.6 Å². The molecule has 0 fully saturated rings. The Bertz CT molecular complexity index is 224. The third kappa shape index (κ3) is 1.84. The zero-order chi connectivity index (χ0) is 7.40. The summed E-state index contributed by atoms with van der Waals surface area (Å²) in [6, 6.07) is 5.44. The molecule has 1 aromatic heterocycles. The summed E-state index contributed by atoms with van der Waals surface area (Å²) in [6.07, 6.45) is 4.32. The van der Waals surface area contributed by atoms with Gasteiger partial charge in [-0.25, -0.2) is 4.98 Å². The summed E-state index contributed by atoms with van der Waals surface area (Å²) in [5.74, 6) is 0.152. The van der Waals surface area contributed by atoms with Crippen molar-refractivity contribution in [3.05, 3.63) is 41.9 Å². The van der Waals surface area contributed by atoms with Gasteiger partial charge in [-0.2, -0.15) is 0 Å². The molecule has 0 aromatic carbocycles. The van der Waals surface area contributed by atoms with Crippen LogP contribution in [0.5, 0.6) is 0 Å². The Morgan fingerprint density at radius 3 is 2.90 bits per heavy atom. The van der Waals surface area contributed by atoms with Gasteiger partial charge in [0.05, 0.1) is 0 Å². The highest BCUT2D eigenvalue weighted by Crippen LogP contribution is 1.95. The average Bonchev–Trinajstić information content (AvgIpc) is 1.88. The van der Waals surface area contributed by atoms with Crippen LogP contribution in [-0.2, 0) is 0 Å². The fraction of sp³-hybridized carbons (Fsp3) is 0.125. The van der Waals surface area contributed by atoms with E-state index in [0.29, 0.717) is 5.69 Å². The van der Waals surface area contributed by atoms with Gasteiger partial charge in [0.15, 0.2) is 6.08 Å². The van der Waals surface area contributed by atoms with E-state index in [4.69, 9.17) is 5.11 Å². The van der Waals surface area contributed by atoms with Gasteiger partial charge in [-0.3, -0.25) is 0 Å². The predicted octanol–water partition coefficient (Wildman–Crippen LogP) is 1.69. The Morgan fingerprint density at radius 1 is 1.60 bits per heavy atom. The normalized spacial score (nSPS) is 10.7. The van der Waals surface area contributed by atoms with Crippen molar-refractivity contribution in [2.75, 3.05) is 0 Å². The van der Waals surface area contributed by atoms with Crippen LogP contribution in [0, 0.1) is 6.08 Å². The van der Waals surface area contributed by atoms with Crippen molar-refractivity contribution < 1.29 is 5.11 Å². The maximum Gasteiger partial charge on any atom is 0.290 e. The van der Waals surface area contributed by atoms with E-state index in [-0.39, 0.29) is 5.76 Å². The molecule has 0 atom stereocenters. The number of aliphatic hydroxyl groups excluding tert-OH is 1. The second-order valence-electron chi connectivity index (χ2n) is 1.93. The predicted molar refractivity (Wildman–Crippen MR) is 38.4 cm³/mol. The van der Waals surface area contributed by atoms with E-state index in [1.807, 2.05) is 12.1 Å². The van der Waals surface area contributed by atoms with Crippen LogP contribution in [0.2, 0.25) is 0 Å². The molecule has 0 radical (unpaired) electrons. The minimum Gasteiger partial charge on any atom is -0.489 e. The lowest BCUT2D eigenvalue weighted by Gasteiger charge is -1.78. The number of hydrogen-bond acceptors (Lipinski definition) is 2. The highest BCUT2D eigenvalue weighted by molar-refractivity contribution is 5.12. The summed E-state index contributed by atoms with van der Waals surface area (Å²) in [7, 11) is 0. The Kier molecular flexibility index (Phi) is 1.98. The highest BCUT2D eigenvalue weighted by atomic mass is 16.3. The summed E-state index contributed by atoms with van der Waals surface area (Å²) in [6.45, 7) is 1.56. The molecule has 0 saturated carbocycles. The van der Waals surface area contributed by atoms with Crippen molar-refractivity contribution in [3.8, 4) is 0 Å². The molecule has 1 N–H and O–H groups in total. The Morgan fingerprint density at radius 2 is 2.40 bits per heavy atom. The molecule has 1 aromatic rings. The molecule has 1 rings (SSSR count). The van der Waals surface area contributed by atoms with E-state index >= 15 is 0 Å². The third-order valence-electron chi connectivity index (χ3n) is 0.974. The van der Waals surface area contributed by atoms with Gasteiger partial charge >= 0.3 is 0 Å². The molecule has 0 aliphatic rings. The largest absolute Gasteiger partial charge is 0.489 e. The molecule has 2 heteroatoms. The molecular weight excluding hydrogens is 126 g/mol. The average molecular weight is 134 g/mol. The Balaban J connectivity index is 2.87. The zero-order valence-corrected chi connectivity index (χ0v) is 5.70. The second-order valence-corrected chi connectivity index (χ2v) is 1.93. The van der Waals surface area contributed by atoms with Gasteiger partial charge in [0.2, 0.25) is 5.76 Å². The molecular formula is C8H8NO+. The maximum absolute atomic E-state index is 8.77. The van der Waals surface area contributed by atoms with Crippen molar-refractivity contribution in [1.82, 2.24) is 4.98 Å². The number of pyridine rings is 1. The van der Waals surface area contributed by atoms with Gasteiger partial charge in [0.1, 0.15) is 6.07 Å². The van der Waals surface area contributed by atoms with Gasteiger partial charge in [-0.15, -0.1) is 0 Å². The minimum absolute atomic E-state index is 0.152. The lowest BCUT2D eigenvalue weighted by molar-refractivity contribution is 0.411. The van der Waals surface area contributed by atoms with E-state index in [1.165, 1.54) is 0 Å². The molecule has 1 heterocycles. The number of aliphatic hydroxyl groups is 1. The monoisotopic (exact) mass is 134 g/mol. The van der Waals surface area contributed by atoms with Crippen molar-refractivity contribution >= 4 is 0 Å². The first kappa shape index (κ1) is 6.72. The topological polar surface area (TPSA) is 33.1 Å². The van der Waals surface area contributed by atoms with E-state index in [0.717, 1.165) is 0 Å². The van der Waals surface area contributed by atoms with E-state index < -0.39 is 0 Å². The first-order chi connectivity index (χ1) is 4.79. The van der Waals surface area contributed by atoms with E-state index in [1.54, 1.807) is 19.2 Å². The number of aromatic nitrogens is 1. The number of rotatable bonds is 1. The Hall–Kier alpha value is -1.40. The van der Waals surface area contributed by atoms with Crippen LogP contribution >= 0.6 is 0 Å². The van der Waals surface area contributed by atoms with Gasteiger partial charge < -0.3 is 5.11 Å². The van der Waals surface area contributed by atoms with Gasteiger partial charge in [0.25, 0.3) is 5.69 Å². The first-order valence-electron chi connectivity index (χ1n) is 2.99. The Labute approximate surface area is 59.9 Å². The lowest BCUT2D eigenvalue weighted by Crippen LogP contribution is -1.81. The fourth-order valence-electron chi connectivity index (χ4n) is 0.622. The van der Waals surface area contributed by atoms with Gasteiger partial charge in [0, 0.05) is 19.2 Å². The van der Waals surface area contributed by atoms with Crippen molar-refractivity contribution in [1.29, 1.82) is 0 Å². The van der Waals surface area contributed by atoms with Crippen LogP contribution < -0.4 is 0 Å². The molecule has 0 saturated heterocycles. The molecule has 0 aliphatic heterocycles.